The number of rotatable bonds is 3. The average Bonchev–Trinajstić information content (AvgIpc) is 2.84. The Kier molecular flexibility index (Phi) is 5.87. The maximum Gasteiger partial charge on any atom is 0.307 e. The van der Waals surface area contributed by atoms with Crippen molar-refractivity contribution in [3.05, 3.63) is 35.9 Å². The lowest BCUT2D eigenvalue weighted by molar-refractivity contribution is -0.136. The number of carboxylic acid groups (broad SMARTS) is 1. The SMILES string of the molecule is NC(=O)C1CCCN1.O=C(O)Cc1ccccc1. The summed E-state index contributed by atoms with van der Waals surface area (Å²) >= 11 is 0. The second-order valence-electron chi connectivity index (χ2n) is 4.11. The number of hydrogen-bond donors (Lipinski definition) is 3. The van der Waals surface area contributed by atoms with Gasteiger partial charge in [0.25, 0.3) is 0 Å². The zero-order chi connectivity index (χ0) is 13.4. The van der Waals surface area contributed by atoms with Gasteiger partial charge in [0.1, 0.15) is 0 Å². The predicted molar refractivity (Wildman–Crippen MR) is 68.0 cm³/mol. The summed E-state index contributed by atoms with van der Waals surface area (Å²) in [4.78, 5) is 20.5. The van der Waals surface area contributed by atoms with Gasteiger partial charge in [-0.15, -0.1) is 0 Å². The molecule has 4 N–H and O–H groups in total. The van der Waals surface area contributed by atoms with Crippen molar-refractivity contribution in [3.8, 4) is 0 Å². The van der Waals surface area contributed by atoms with E-state index in [0.29, 0.717) is 0 Å². The third-order valence-electron chi connectivity index (χ3n) is 2.60. The molecule has 5 heteroatoms. The van der Waals surface area contributed by atoms with Crippen LogP contribution in [0.5, 0.6) is 0 Å². The van der Waals surface area contributed by atoms with Crippen LogP contribution in [0.15, 0.2) is 30.3 Å². The summed E-state index contributed by atoms with van der Waals surface area (Å²) in [5, 5.41) is 11.3. The highest BCUT2D eigenvalue weighted by molar-refractivity contribution is 5.80. The number of aliphatic carboxylic acids is 1. The highest BCUT2D eigenvalue weighted by Gasteiger charge is 2.18. The molecule has 0 aromatic heterocycles. The van der Waals surface area contributed by atoms with Crippen LogP contribution in [0, 0.1) is 0 Å². The van der Waals surface area contributed by atoms with Gasteiger partial charge in [-0.05, 0) is 24.9 Å². The van der Waals surface area contributed by atoms with Crippen LogP contribution in [-0.4, -0.2) is 29.6 Å². The van der Waals surface area contributed by atoms with Gasteiger partial charge in [0.15, 0.2) is 0 Å². The summed E-state index contributed by atoms with van der Waals surface area (Å²) in [6.45, 7) is 0.938. The van der Waals surface area contributed by atoms with Gasteiger partial charge in [-0.1, -0.05) is 30.3 Å². The number of amides is 1. The molecule has 1 atom stereocenters. The lowest BCUT2D eigenvalue weighted by atomic mass is 10.2. The Morgan fingerprint density at radius 2 is 2.00 bits per heavy atom. The van der Waals surface area contributed by atoms with E-state index in [-0.39, 0.29) is 18.4 Å². The van der Waals surface area contributed by atoms with E-state index in [4.69, 9.17) is 10.8 Å². The van der Waals surface area contributed by atoms with E-state index in [0.717, 1.165) is 24.9 Å². The first-order chi connectivity index (χ1) is 8.59. The maximum absolute atomic E-state index is 10.4. The van der Waals surface area contributed by atoms with Crippen LogP contribution in [0.3, 0.4) is 0 Å². The van der Waals surface area contributed by atoms with Gasteiger partial charge in [-0.2, -0.15) is 0 Å². The molecule has 0 bridgehead atoms. The molecule has 0 radical (unpaired) electrons. The molecule has 0 spiro atoms. The van der Waals surface area contributed by atoms with E-state index >= 15 is 0 Å². The number of carbonyl (C=O) groups is 2. The molecule has 98 valence electrons. The number of primary amides is 1. The van der Waals surface area contributed by atoms with Crippen molar-refractivity contribution in [2.24, 2.45) is 5.73 Å². The number of benzene rings is 1. The molecule has 0 aliphatic carbocycles. The second kappa shape index (κ2) is 7.45. The Morgan fingerprint density at radius 1 is 1.33 bits per heavy atom. The molecule has 2 rings (SSSR count). The number of nitrogens with two attached hydrogens (primary N) is 1. The van der Waals surface area contributed by atoms with Crippen molar-refractivity contribution in [1.29, 1.82) is 0 Å². The minimum Gasteiger partial charge on any atom is -0.481 e. The van der Waals surface area contributed by atoms with Gasteiger partial charge in [-0.3, -0.25) is 9.59 Å². The Labute approximate surface area is 106 Å². The maximum atomic E-state index is 10.4. The molecule has 1 fully saturated rings. The first-order valence-electron chi connectivity index (χ1n) is 5.88. The number of carboxylic acids is 1. The summed E-state index contributed by atoms with van der Waals surface area (Å²) in [5.41, 5.74) is 5.84. The molecular formula is C13H18N2O3. The van der Waals surface area contributed by atoms with Crippen LogP contribution >= 0.6 is 0 Å². The summed E-state index contributed by atoms with van der Waals surface area (Å²) < 4.78 is 0. The first-order valence-corrected chi connectivity index (χ1v) is 5.88. The molecule has 1 aromatic carbocycles. The van der Waals surface area contributed by atoms with Crippen molar-refractivity contribution in [3.63, 3.8) is 0 Å². The number of carbonyl (C=O) groups excluding carboxylic acids is 1. The minimum absolute atomic E-state index is 0.0463. The topological polar surface area (TPSA) is 92.4 Å². The summed E-state index contributed by atoms with van der Waals surface area (Å²) in [6, 6.07) is 9.08. The van der Waals surface area contributed by atoms with Gasteiger partial charge < -0.3 is 16.2 Å². The van der Waals surface area contributed by atoms with Crippen LogP contribution in [0.4, 0.5) is 0 Å². The number of nitrogens with one attached hydrogen (secondary N) is 1. The smallest absolute Gasteiger partial charge is 0.307 e. The van der Waals surface area contributed by atoms with Gasteiger partial charge in [0.05, 0.1) is 12.5 Å². The van der Waals surface area contributed by atoms with E-state index in [9.17, 15) is 9.59 Å². The zero-order valence-electron chi connectivity index (χ0n) is 10.1. The highest BCUT2D eigenvalue weighted by atomic mass is 16.4. The van der Waals surface area contributed by atoms with Crippen LogP contribution in [0.2, 0.25) is 0 Å². The quantitative estimate of drug-likeness (QED) is 0.730. The summed E-state index contributed by atoms with van der Waals surface area (Å²) in [7, 11) is 0. The minimum atomic E-state index is -0.786. The first kappa shape index (κ1) is 14.2. The van der Waals surface area contributed by atoms with Crippen LogP contribution in [-0.2, 0) is 16.0 Å². The normalized spacial score (nSPS) is 17.7. The zero-order valence-corrected chi connectivity index (χ0v) is 10.1. The summed E-state index contributed by atoms with van der Waals surface area (Å²) in [5.74, 6) is -1.01. The molecule has 1 amide bonds. The third-order valence-corrected chi connectivity index (χ3v) is 2.60. The Hall–Kier alpha value is -1.88. The average molecular weight is 250 g/mol. The van der Waals surface area contributed by atoms with E-state index in [1.54, 1.807) is 12.1 Å². The highest BCUT2D eigenvalue weighted by Crippen LogP contribution is 2.02. The van der Waals surface area contributed by atoms with Gasteiger partial charge >= 0.3 is 5.97 Å². The Balaban J connectivity index is 0.000000184. The van der Waals surface area contributed by atoms with Crippen molar-refractivity contribution < 1.29 is 14.7 Å². The molecule has 1 heterocycles. The van der Waals surface area contributed by atoms with Gasteiger partial charge in [0.2, 0.25) is 5.91 Å². The van der Waals surface area contributed by atoms with Crippen LogP contribution < -0.4 is 11.1 Å². The lowest BCUT2D eigenvalue weighted by Gasteiger charge is -2.01. The van der Waals surface area contributed by atoms with E-state index in [1.807, 2.05) is 18.2 Å². The molecule has 1 aliphatic rings. The Morgan fingerprint density at radius 3 is 2.39 bits per heavy atom. The van der Waals surface area contributed by atoms with E-state index in [2.05, 4.69) is 5.32 Å². The van der Waals surface area contributed by atoms with Crippen LogP contribution in [0.1, 0.15) is 18.4 Å². The van der Waals surface area contributed by atoms with Crippen molar-refractivity contribution in [1.82, 2.24) is 5.32 Å². The van der Waals surface area contributed by atoms with Crippen molar-refractivity contribution >= 4 is 11.9 Å². The lowest BCUT2D eigenvalue weighted by Crippen LogP contribution is -2.36. The molecule has 1 unspecified atom stereocenters. The molecular weight excluding hydrogens is 232 g/mol. The Bertz CT molecular complexity index is 386. The predicted octanol–water partition coefficient (Wildman–Crippen LogP) is 0.537. The molecule has 1 aliphatic heterocycles. The molecule has 1 saturated heterocycles. The fraction of sp³-hybridized carbons (Fsp3) is 0.385. The van der Waals surface area contributed by atoms with E-state index < -0.39 is 5.97 Å². The van der Waals surface area contributed by atoms with Gasteiger partial charge in [-0.25, -0.2) is 0 Å². The molecule has 18 heavy (non-hydrogen) atoms. The molecule has 1 aromatic rings. The fourth-order valence-corrected chi connectivity index (χ4v) is 1.70. The largest absolute Gasteiger partial charge is 0.481 e. The van der Waals surface area contributed by atoms with Crippen molar-refractivity contribution in [2.75, 3.05) is 6.54 Å². The summed E-state index contributed by atoms with van der Waals surface area (Å²) in [6.07, 6.45) is 2.10. The standard InChI is InChI=1S/C8H8O2.C5H10N2O/c9-8(10)6-7-4-2-1-3-5-7;6-5(8)4-2-1-3-7-4/h1-5H,6H2,(H,9,10);4,7H,1-3H2,(H2,6,8). The van der Waals surface area contributed by atoms with Crippen LogP contribution in [0.25, 0.3) is 0 Å². The van der Waals surface area contributed by atoms with Gasteiger partial charge in [0, 0.05) is 0 Å². The fourth-order valence-electron chi connectivity index (χ4n) is 1.70. The molecule has 5 nitrogen and oxygen atoms in total. The number of hydrogen-bond acceptors (Lipinski definition) is 3. The van der Waals surface area contributed by atoms with E-state index in [1.165, 1.54) is 0 Å². The second-order valence-corrected chi connectivity index (χ2v) is 4.11. The third kappa shape index (κ3) is 5.45. The monoisotopic (exact) mass is 250 g/mol. The molecule has 0 saturated carbocycles. The van der Waals surface area contributed by atoms with Crippen molar-refractivity contribution in [2.45, 2.75) is 25.3 Å².